The van der Waals surface area contributed by atoms with Crippen LogP contribution in [0.15, 0.2) is 18.2 Å². The van der Waals surface area contributed by atoms with E-state index in [1.807, 2.05) is 20.8 Å². The number of nitrogens with zero attached hydrogens (tertiary/aromatic N) is 1. The van der Waals surface area contributed by atoms with Gasteiger partial charge in [-0.25, -0.2) is 0 Å². The summed E-state index contributed by atoms with van der Waals surface area (Å²) in [6.45, 7) is 5.91. The Balaban J connectivity index is 3.00. The smallest absolute Gasteiger partial charge is 0.293 e. The number of anilines is 1. The molecule has 0 saturated heterocycles. The minimum absolute atomic E-state index is 0.103. The van der Waals surface area contributed by atoms with Crippen molar-refractivity contribution in [2.75, 3.05) is 12.4 Å². The maximum absolute atomic E-state index is 12.2. The van der Waals surface area contributed by atoms with E-state index in [1.165, 1.54) is 6.07 Å². The summed E-state index contributed by atoms with van der Waals surface area (Å²) in [5, 5.41) is 16.6. The molecule has 20 heavy (non-hydrogen) atoms. The molecule has 0 bridgehead atoms. The van der Waals surface area contributed by atoms with Crippen molar-refractivity contribution in [3.8, 4) is 0 Å². The molecule has 0 radical (unpaired) electrons. The van der Waals surface area contributed by atoms with Gasteiger partial charge in [-0.15, -0.1) is 0 Å². The average molecular weight is 279 g/mol. The van der Waals surface area contributed by atoms with Gasteiger partial charge in [0.15, 0.2) is 0 Å². The van der Waals surface area contributed by atoms with Gasteiger partial charge in [-0.2, -0.15) is 0 Å². The van der Waals surface area contributed by atoms with Crippen LogP contribution in [-0.4, -0.2) is 23.4 Å². The molecule has 0 heterocycles. The van der Waals surface area contributed by atoms with Crippen LogP contribution in [0.5, 0.6) is 0 Å². The first-order valence-corrected chi connectivity index (χ1v) is 6.59. The third kappa shape index (κ3) is 3.94. The lowest BCUT2D eigenvalue weighted by Crippen LogP contribution is -2.43. The van der Waals surface area contributed by atoms with Crippen LogP contribution < -0.4 is 10.6 Å². The Morgan fingerprint density at radius 3 is 2.55 bits per heavy atom. The van der Waals surface area contributed by atoms with E-state index in [1.54, 1.807) is 19.2 Å². The van der Waals surface area contributed by atoms with E-state index in [4.69, 9.17) is 0 Å². The van der Waals surface area contributed by atoms with Gasteiger partial charge in [0.2, 0.25) is 0 Å². The predicted octanol–water partition coefficient (Wildman–Crippen LogP) is 2.95. The first kappa shape index (κ1) is 15.9. The Bertz CT molecular complexity index is 512. The molecular formula is C14H21N3O3. The molecule has 0 saturated carbocycles. The fourth-order valence-corrected chi connectivity index (χ4v) is 2.10. The zero-order valence-electron chi connectivity index (χ0n) is 12.3. The van der Waals surface area contributed by atoms with Gasteiger partial charge in [-0.3, -0.25) is 14.9 Å². The van der Waals surface area contributed by atoms with E-state index in [0.29, 0.717) is 11.3 Å². The number of nitro benzene ring substituents is 1. The van der Waals surface area contributed by atoms with Crippen LogP contribution >= 0.6 is 0 Å². The molecule has 0 aromatic heterocycles. The standard InChI is InChI=1S/C14H21N3O3/c1-5-8-14(2,3)16-13(18)10-6-7-11(15-4)12(9-10)17(19)20/h6-7,9,15H,5,8H2,1-4H3,(H,16,18). The Kier molecular flexibility index (Phi) is 5.07. The van der Waals surface area contributed by atoms with E-state index in [9.17, 15) is 14.9 Å². The van der Waals surface area contributed by atoms with Crippen molar-refractivity contribution < 1.29 is 9.72 Å². The highest BCUT2D eigenvalue weighted by Crippen LogP contribution is 2.25. The van der Waals surface area contributed by atoms with Gasteiger partial charge >= 0.3 is 0 Å². The number of nitrogens with one attached hydrogen (secondary N) is 2. The Hall–Kier alpha value is -2.11. The lowest BCUT2D eigenvalue weighted by Gasteiger charge is -2.25. The van der Waals surface area contributed by atoms with E-state index >= 15 is 0 Å². The quantitative estimate of drug-likeness (QED) is 0.619. The molecule has 110 valence electrons. The molecule has 0 aliphatic heterocycles. The summed E-state index contributed by atoms with van der Waals surface area (Å²) >= 11 is 0. The number of amides is 1. The van der Waals surface area contributed by atoms with Gasteiger partial charge in [0.25, 0.3) is 11.6 Å². The van der Waals surface area contributed by atoms with Crippen molar-refractivity contribution in [3.63, 3.8) is 0 Å². The third-order valence-corrected chi connectivity index (χ3v) is 3.05. The molecule has 1 amide bonds. The summed E-state index contributed by atoms with van der Waals surface area (Å²) in [5.74, 6) is -0.297. The van der Waals surface area contributed by atoms with Gasteiger partial charge in [0.1, 0.15) is 5.69 Å². The van der Waals surface area contributed by atoms with Crippen LogP contribution in [-0.2, 0) is 0 Å². The molecule has 6 nitrogen and oxygen atoms in total. The summed E-state index contributed by atoms with van der Waals surface area (Å²) in [4.78, 5) is 22.6. The van der Waals surface area contributed by atoms with Crippen LogP contribution in [0, 0.1) is 10.1 Å². The summed E-state index contributed by atoms with van der Waals surface area (Å²) < 4.78 is 0. The fourth-order valence-electron chi connectivity index (χ4n) is 2.10. The SMILES string of the molecule is CCCC(C)(C)NC(=O)c1ccc(NC)c([N+](=O)[O-])c1. The van der Waals surface area contributed by atoms with E-state index in [2.05, 4.69) is 10.6 Å². The molecule has 1 aromatic rings. The molecule has 6 heteroatoms. The second kappa shape index (κ2) is 6.36. The second-order valence-corrected chi connectivity index (χ2v) is 5.33. The van der Waals surface area contributed by atoms with Crippen molar-refractivity contribution in [1.82, 2.24) is 5.32 Å². The lowest BCUT2D eigenvalue weighted by atomic mass is 9.98. The largest absolute Gasteiger partial charge is 0.383 e. The normalized spacial score (nSPS) is 11.0. The van der Waals surface area contributed by atoms with Crippen molar-refractivity contribution in [1.29, 1.82) is 0 Å². The molecule has 0 atom stereocenters. The number of hydrogen-bond donors (Lipinski definition) is 2. The van der Waals surface area contributed by atoms with Crippen LogP contribution in [0.2, 0.25) is 0 Å². The molecule has 0 unspecified atom stereocenters. The number of hydrogen-bond acceptors (Lipinski definition) is 4. The van der Waals surface area contributed by atoms with E-state index in [0.717, 1.165) is 12.8 Å². The lowest BCUT2D eigenvalue weighted by molar-refractivity contribution is -0.384. The maximum atomic E-state index is 12.2. The highest BCUT2D eigenvalue weighted by atomic mass is 16.6. The van der Waals surface area contributed by atoms with E-state index in [-0.39, 0.29) is 17.1 Å². The summed E-state index contributed by atoms with van der Waals surface area (Å²) in [7, 11) is 1.60. The first-order chi connectivity index (χ1) is 9.30. The molecule has 1 aromatic carbocycles. The van der Waals surface area contributed by atoms with Crippen LogP contribution in [0.4, 0.5) is 11.4 Å². The van der Waals surface area contributed by atoms with Gasteiger partial charge in [-0.1, -0.05) is 13.3 Å². The number of nitro groups is 1. The molecule has 0 spiro atoms. The highest BCUT2D eigenvalue weighted by molar-refractivity contribution is 5.96. The predicted molar refractivity (Wildman–Crippen MR) is 79.1 cm³/mol. The van der Waals surface area contributed by atoms with Crippen molar-refractivity contribution in [2.24, 2.45) is 0 Å². The molecule has 0 aliphatic rings. The van der Waals surface area contributed by atoms with Crippen LogP contribution in [0.25, 0.3) is 0 Å². The van der Waals surface area contributed by atoms with Crippen molar-refractivity contribution in [3.05, 3.63) is 33.9 Å². The van der Waals surface area contributed by atoms with Crippen molar-refractivity contribution in [2.45, 2.75) is 39.2 Å². The minimum Gasteiger partial charge on any atom is -0.383 e. The number of rotatable bonds is 6. The summed E-state index contributed by atoms with van der Waals surface area (Å²) in [6.07, 6.45) is 1.79. The minimum atomic E-state index is -0.500. The van der Waals surface area contributed by atoms with Gasteiger partial charge in [0, 0.05) is 24.2 Å². The highest BCUT2D eigenvalue weighted by Gasteiger charge is 2.22. The third-order valence-electron chi connectivity index (χ3n) is 3.05. The van der Waals surface area contributed by atoms with E-state index < -0.39 is 4.92 Å². The second-order valence-electron chi connectivity index (χ2n) is 5.33. The average Bonchev–Trinajstić information content (AvgIpc) is 2.37. The zero-order valence-corrected chi connectivity index (χ0v) is 12.3. The Labute approximate surface area is 118 Å². The summed E-state index contributed by atoms with van der Waals surface area (Å²) in [5.41, 5.74) is 0.246. The van der Waals surface area contributed by atoms with Crippen molar-refractivity contribution >= 4 is 17.3 Å². The van der Waals surface area contributed by atoms with Gasteiger partial charge in [-0.05, 0) is 32.4 Å². The molecular weight excluding hydrogens is 258 g/mol. The number of benzene rings is 1. The first-order valence-electron chi connectivity index (χ1n) is 6.59. The van der Waals surface area contributed by atoms with Gasteiger partial charge < -0.3 is 10.6 Å². The Morgan fingerprint density at radius 1 is 1.40 bits per heavy atom. The fraction of sp³-hybridized carbons (Fsp3) is 0.500. The topological polar surface area (TPSA) is 84.3 Å². The van der Waals surface area contributed by atoms with Crippen LogP contribution in [0.1, 0.15) is 44.0 Å². The summed E-state index contributed by atoms with van der Waals surface area (Å²) in [6, 6.07) is 4.42. The maximum Gasteiger partial charge on any atom is 0.293 e. The van der Waals surface area contributed by atoms with Crippen LogP contribution in [0.3, 0.4) is 0 Å². The molecule has 1 rings (SSSR count). The number of carbonyl (C=O) groups excluding carboxylic acids is 1. The van der Waals surface area contributed by atoms with Gasteiger partial charge in [0.05, 0.1) is 4.92 Å². The molecule has 0 fully saturated rings. The monoisotopic (exact) mass is 279 g/mol. The number of carbonyl (C=O) groups is 1. The molecule has 2 N–H and O–H groups in total. The molecule has 0 aliphatic carbocycles. The zero-order chi connectivity index (χ0) is 15.3. The Morgan fingerprint density at radius 2 is 2.05 bits per heavy atom.